The van der Waals surface area contributed by atoms with Crippen molar-refractivity contribution in [1.82, 2.24) is 4.57 Å². The first kappa shape index (κ1) is 18.6. The summed E-state index contributed by atoms with van der Waals surface area (Å²) in [7, 11) is 1.52. The average Bonchev–Trinajstić information content (AvgIpc) is 2.72. The standard InChI is InChI=1S/C23H17Cl2NO2/c1-28-22-21(15-8-3-2-4-9-15)16-10-5-6-13-20(16)26(23(22)27)14-17-18(24)11-7-12-19(17)25/h2-13H,14H2,1H3. The molecule has 0 N–H and O–H groups in total. The van der Waals surface area contributed by atoms with Crippen LogP contribution in [0.2, 0.25) is 10.0 Å². The minimum absolute atomic E-state index is 0.226. The Kier molecular flexibility index (Phi) is 5.12. The molecule has 0 amide bonds. The third-order valence-corrected chi connectivity index (χ3v) is 5.48. The van der Waals surface area contributed by atoms with Crippen LogP contribution in [0.15, 0.2) is 77.6 Å². The van der Waals surface area contributed by atoms with Gasteiger partial charge in [0.15, 0.2) is 5.75 Å². The van der Waals surface area contributed by atoms with E-state index in [0.717, 1.165) is 22.0 Å². The molecule has 0 bridgehead atoms. The Morgan fingerprint density at radius 1 is 0.857 bits per heavy atom. The van der Waals surface area contributed by atoms with Gasteiger partial charge < -0.3 is 9.30 Å². The van der Waals surface area contributed by atoms with Crippen molar-refractivity contribution in [2.24, 2.45) is 0 Å². The van der Waals surface area contributed by atoms with Gasteiger partial charge in [-0.3, -0.25) is 4.79 Å². The molecular weight excluding hydrogens is 393 g/mol. The summed E-state index contributed by atoms with van der Waals surface area (Å²) in [5.41, 5.74) is 2.98. The normalized spacial score (nSPS) is 11.0. The molecule has 4 aromatic rings. The number of ether oxygens (including phenoxy) is 1. The molecule has 28 heavy (non-hydrogen) atoms. The second-order valence-corrected chi connectivity index (χ2v) is 7.20. The summed E-state index contributed by atoms with van der Waals surface area (Å²) >= 11 is 12.7. The van der Waals surface area contributed by atoms with Crippen LogP contribution in [0.1, 0.15) is 5.56 Å². The minimum Gasteiger partial charge on any atom is -0.491 e. The molecule has 0 aliphatic carbocycles. The second-order valence-electron chi connectivity index (χ2n) is 6.38. The van der Waals surface area contributed by atoms with Crippen LogP contribution in [0.4, 0.5) is 0 Å². The highest BCUT2D eigenvalue weighted by Gasteiger charge is 2.19. The number of fused-ring (bicyclic) bond motifs is 1. The van der Waals surface area contributed by atoms with E-state index >= 15 is 0 Å². The van der Waals surface area contributed by atoms with Gasteiger partial charge in [-0.05, 0) is 23.8 Å². The number of halogens is 2. The van der Waals surface area contributed by atoms with E-state index in [4.69, 9.17) is 27.9 Å². The van der Waals surface area contributed by atoms with Crippen molar-refractivity contribution in [3.63, 3.8) is 0 Å². The van der Waals surface area contributed by atoms with Gasteiger partial charge in [0.25, 0.3) is 5.56 Å². The molecule has 0 radical (unpaired) electrons. The van der Waals surface area contributed by atoms with E-state index in [1.165, 1.54) is 7.11 Å². The van der Waals surface area contributed by atoms with Gasteiger partial charge in [-0.25, -0.2) is 0 Å². The van der Waals surface area contributed by atoms with E-state index in [1.54, 1.807) is 22.8 Å². The van der Waals surface area contributed by atoms with Gasteiger partial charge in [-0.2, -0.15) is 0 Å². The lowest BCUT2D eigenvalue weighted by Crippen LogP contribution is -2.23. The summed E-state index contributed by atoms with van der Waals surface area (Å²) in [6.07, 6.45) is 0. The van der Waals surface area contributed by atoms with E-state index < -0.39 is 0 Å². The first-order valence-corrected chi connectivity index (χ1v) is 9.55. The Bertz CT molecular complexity index is 1200. The van der Waals surface area contributed by atoms with E-state index in [1.807, 2.05) is 54.6 Å². The quantitative estimate of drug-likeness (QED) is 0.411. The van der Waals surface area contributed by atoms with Crippen LogP contribution in [0.25, 0.3) is 22.0 Å². The van der Waals surface area contributed by atoms with Crippen LogP contribution in [0, 0.1) is 0 Å². The summed E-state index contributed by atoms with van der Waals surface area (Å²) in [4.78, 5) is 13.4. The Morgan fingerprint density at radius 2 is 1.50 bits per heavy atom. The molecule has 0 fully saturated rings. The highest BCUT2D eigenvalue weighted by molar-refractivity contribution is 6.36. The maximum Gasteiger partial charge on any atom is 0.294 e. The Labute approximate surface area is 172 Å². The largest absolute Gasteiger partial charge is 0.491 e. The maximum atomic E-state index is 13.4. The van der Waals surface area contributed by atoms with Crippen LogP contribution >= 0.6 is 23.2 Å². The van der Waals surface area contributed by atoms with Crippen LogP contribution in [-0.2, 0) is 6.54 Å². The number of para-hydroxylation sites is 1. The highest BCUT2D eigenvalue weighted by Crippen LogP contribution is 2.35. The molecule has 3 aromatic carbocycles. The van der Waals surface area contributed by atoms with Gasteiger partial charge in [0.05, 0.1) is 19.2 Å². The van der Waals surface area contributed by atoms with Crippen molar-refractivity contribution in [2.75, 3.05) is 7.11 Å². The van der Waals surface area contributed by atoms with E-state index in [2.05, 4.69) is 0 Å². The number of methoxy groups -OCH3 is 1. The fourth-order valence-corrected chi connectivity index (χ4v) is 3.98. The van der Waals surface area contributed by atoms with Gasteiger partial charge in [-0.15, -0.1) is 0 Å². The minimum atomic E-state index is -0.226. The fourth-order valence-electron chi connectivity index (χ4n) is 3.46. The summed E-state index contributed by atoms with van der Waals surface area (Å²) in [5, 5.41) is 1.97. The predicted octanol–water partition coefficient (Wildman–Crippen LogP) is 6.03. The van der Waals surface area contributed by atoms with Gasteiger partial charge in [0.1, 0.15) is 0 Å². The van der Waals surface area contributed by atoms with Crippen LogP contribution < -0.4 is 10.3 Å². The number of benzene rings is 3. The first-order valence-electron chi connectivity index (χ1n) is 8.79. The molecule has 0 saturated carbocycles. The zero-order valence-corrected chi connectivity index (χ0v) is 16.7. The van der Waals surface area contributed by atoms with Crippen molar-refractivity contribution in [1.29, 1.82) is 0 Å². The van der Waals surface area contributed by atoms with Crippen molar-refractivity contribution in [3.8, 4) is 16.9 Å². The maximum absolute atomic E-state index is 13.4. The SMILES string of the molecule is COc1c(-c2ccccc2)c2ccccc2n(Cc2c(Cl)cccc2Cl)c1=O. The Balaban J connectivity index is 2.05. The Morgan fingerprint density at radius 3 is 2.18 bits per heavy atom. The van der Waals surface area contributed by atoms with Crippen LogP contribution in [0.3, 0.4) is 0 Å². The number of pyridine rings is 1. The molecule has 140 valence electrons. The third kappa shape index (κ3) is 3.17. The van der Waals surface area contributed by atoms with E-state index in [-0.39, 0.29) is 12.1 Å². The number of aromatic nitrogens is 1. The van der Waals surface area contributed by atoms with Crippen LogP contribution in [0.5, 0.6) is 5.75 Å². The summed E-state index contributed by atoms with van der Waals surface area (Å²) in [5.74, 6) is 0.299. The molecule has 0 aliphatic heterocycles. The molecule has 4 rings (SSSR count). The van der Waals surface area contributed by atoms with Gasteiger partial charge in [0.2, 0.25) is 0 Å². The second kappa shape index (κ2) is 7.70. The van der Waals surface area contributed by atoms with Gasteiger partial charge in [-0.1, -0.05) is 77.8 Å². The monoisotopic (exact) mass is 409 g/mol. The average molecular weight is 410 g/mol. The highest BCUT2D eigenvalue weighted by atomic mass is 35.5. The summed E-state index contributed by atoms with van der Waals surface area (Å²) in [6, 6.07) is 22.9. The molecule has 0 saturated heterocycles. The third-order valence-electron chi connectivity index (χ3n) is 4.78. The topological polar surface area (TPSA) is 31.2 Å². The summed E-state index contributed by atoms with van der Waals surface area (Å²) in [6.45, 7) is 0.253. The van der Waals surface area contributed by atoms with Gasteiger partial charge in [0, 0.05) is 26.6 Å². The number of rotatable bonds is 4. The van der Waals surface area contributed by atoms with Crippen molar-refractivity contribution < 1.29 is 4.74 Å². The van der Waals surface area contributed by atoms with Crippen LogP contribution in [-0.4, -0.2) is 11.7 Å². The lowest BCUT2D eigenvalue weighted by molar-refractivity contribution is 0.407. The first-order chi connectivity index (χ1) is 13.6. The van der Waals surface area contributed by atoms with Gasteiger partial charge >= 0.3 is 0 Å². The smallest absolute Gasteiger partial charge is 0.294 e. The zero-order valence-electron chi connectivity index (χ0n) is 15.2. The molecule has 0 atom stereocenters. The molecule has 1 aromatic heterocycles. The fraction of sp³-hybridized carbons (Fsp3) is 0.0870. The Hall–Kier alpha value is -2.75. The van der Waals surface area contributed by atoms with E-state index in [0.29, 0.717) is 21.4 Å². The molecule has 1 heterocycles. The van der Waals surface area contributed by atoms with Crippen molar-refractivity contribution >= 4 is 34.1 Å². The van der Waals surface area contributed by atoms with E-state index in [9.17, 15) is 4.79 Å². The number of hydrogen-bond donors (Lipinski definition) is 0. The zero-order chi connectivity index (χ0) is 19.7. The number of nitrogens with zero attached hydrogens (tertiary/aromatic N) is 1. The molecule has 0 aliphatic rings. The molecule has 0 spiro atoms. The molecule has 0 unspecified atom stereocenters. The van der Waals surface area contributed by atoms with Crippen molar-refractivity contribution in [3.05, 3.63) is 98.8 Å². The number of hydrogen-bond acceptors (Lipinski definition) is 2. The predicted molar refractivity (Wildman–Crippen MR) is 116 cm³/mol. The lowest BCUT2D eigenvalue weighted by atomic mass is 9.99. The summed E-state index contributed by atoms with van der Waals surface area (Å²) < 4.78 is 7.24. The molecule has 5 heteroatoms. The molecule has 3 nitrogen and oxygen atoms in total. The molecular formula is C23H17Cl2NO2. The van der Waals surface area contributed by atoms with Crippen molar-refractivity contribution in [2.45, 2.75) is 6.54 Å². The lowest BCUT2D eigenvalue weighted by Gasteiger charge is -2.18.